The summed E-state index contributed by atoms with van der Waals surface area (Å²) in [6.07, 6.45) is 61.1. The quantitative estimate of drug-likeness (QED) is 0.101. The molecule has 0 radical (unpaired) electrons. The molecule has 18 heteroatoms. The number of carbonyl (C=O) groups is 6. The highest BCUT2D eigenvalue weighted by Gasteiger charge is 2.40. The average molecular weight is 1420 g/mol. The van der Waals surface area contributed by atoms with Crippen LogP contribution in [0.3, 0.4) is 0 Å². The molecule has 18 nitrogen and oxygen atoms in total. The first-order valence-electron chi connectivity index (χ1n) is 41.3. The van der Waals surface area contributed by atoms with Crippen molar-refractivity contribution in [2.75, 3.05) is 81.6 Å². The molecule has 6 aliphatic heterocycles. The molecule has 12 aliphatic rings. The second kappa shape index (κ2) is 44.9. The molecule has 0 aromatic heterocycles. The first-order valence-corrected chi connectivity index (χ1v) is 41.3. The van der Waals surface area contributed by atoms with Gasteiger partial charge in [-0.2, -0.15) is 0 Å². The lowest BCUT2D eigenvalue weighted by Crippen LogP contribution is -2.51. The Labute approximate surface area is 619 Å². The van der Waals surface area contributed by atoms with Crippen molar-refractivity contribution in [3.05, 3.63) is 72.9 Å². The van der Waals surface area contributed by atoms with Gasteiger partial charge in [0.1, 0.15) is 0 Å². The third kappa shape index (κ3) is 24.0. The SMILES string of the molecule is CNC1C(=O)N(C2C=CC2)CCCC1C.CNC1C(=O)N(C2C=CCC2)CCCC1C.CNC1C(=O)N(C2C=CCCC2)CCCC1C.CNC1C(=O)N(C2C=CCCCC2)CCCC1C.CNC1C(=O)N(C2CC=CCCC2)CCCC1C.CNC1C(=O)N(C2CCC=CCC2)CCCC1C. The van der Waals surface area contributed by atoms with E-state index in [4.69, 9.17) is 0 Å². The molecular formula is C84H144N12O6. The van der Waals surface area contributed by atoms with Crippen LogP contribution < -0.4 is 31.9 Å². The molecule has 6 heterocycles. The number of likely N-dealkylation sites (tertiary alicyclic amines) is 6. The Morgan fingerprint density at radius 2 is 0.529 bits per heavy atom. The monoisotopic (exact) mass is 1420 g/mol. The Bertz CT molecular complexity index is 2720. The van der Waals surface area contributed by atoms with Crippen LogP contribution >= 0.6 is 0 Å². The Kier molecular flexibility index (Phi) is 37.1. The molecule has 6 N–H and O–H groups in total. The number of carbonyl (C=O) groups excluding carboxylic acids is 6. The molecule has 102 heavy (non-hydrogen) atoms. The van der Waals surface area contributed by atoms with Gasteiger partial charge in [0.15, 0.2) is 0 Å². The Balaban J connectivity index is 0.000000172. The maximum atomic E-state index is 12.6. The fourth-order valence-corrected chi connectivity index (χ4v) is 18.3. The van der Waals surface area contributed by atoms with Gasteiger partial charge in [-0.05, 0) is 264 Å². The minimum Gasteiger partial charge on any atom is -0.338 e. The van der Waals surface area contributed by atoms with Gasteiger partial charge >= 0.3 is 0 Å². The maximum absolute atomic E-state index is 12.6. The fraction of sp³-hybridized carbons (Fsp3) is 0.786. The third-order valence-corrected chi connectivity index (χ3v) is 24.8. The van der Waals surface area contributed by atoms with Gasteiger partial charge in [0.25, 0.3) is 0 Å². The van der Waals surface area contributed by atoms with Crippen LogP contribution in [0.5, 0.6) is 0 Å². The lowest BCUT2D eigenvalue weighted by atomic mass is 9.97. The molecule has 0 aromatic rings. The molecule has 17 atom stereocenters. The zero-order valence-corrected chi connectivity index (χ0v) is 65.9. The highest BCUT2D eigenvalue weighted by Crippen LogP contribution is 2.31. The first-order chi connectivity index (χ1) is 49.4. The van der Waals surface area contributed by atoms with E-state index in [1.54, 1.807) is 0 Å². The fourth-order valence-electron chi connectivity index (χ4n) is 18.3. The van der Waals surface area contributed by atoms with Crippen LogP contribution in [0, 0.1) is 35.5 Å². The van der Waals surface area contributed by atoms with E-state index >= 15 is 0 Å². The molecular weight excluding hydrogens is 1270 g/mol. The van der Waals surface area contributed by atoms with Crippen molar-refractivity contribution in [3.63, 3.8) is 0 Å². The van der Waals surface area contributed by atoms with Crippen LogP contribution in [0.25, 0.3) is 0 Å². The van der Waals surface area contributed by atoms with Crippen LogP contribution in [0.2, 0.25) is 0 Å². The molecule has 0 bridgehead atoms. The van der Waals surface area contributed by atoms with Crippen LogP contribution in [0.15, 0.2) is 72.9 Å². The molecule has 12 rings (SSSR count). The summed E-state index contributed by atoms with van der Waals surface area (Å²) in [7, 11) is 11.4. The number of amides is 6. The number of nitrogens with one attached hydrogen (secondary N) is 6. The summed E-state index contributed by atoms with van der Waals surface area (Å²) in [6, 6.07) is 2.36. The second-order valence-corrected chi connectivity index (χ2v) is 32.1. The van der Waals surface area contributed by atoms with E-state index in [1.807, 2.05) is 47.2 Å². The number of rotatable bonds is 12. The summed E-state index contributed by atoms with van der Waals surface area (Å²) in [5.74, 6) is 4.55. The van der Waals surface area contributed by atoms with Crippen molar-refractivity contribution in [2.24, 2.45) is 35.5 Å². The molecule has 6 amide bonds. The summed E-state index contributed by atoms with van der Waals surface area (Å²) >= 11 is 0. The van der Waals surface area contributed by atoms with Crippen LogP contribution in [0.1, 0.15) is 234 Å². The van der Waals surface area contributed by atoms with Gasteiger partial charge in [0.2, 0.25) is 35.4 Å². The predicted molar refractivity (Wildman–Crippen MR) is 418 cm³/mol. The van der Waals surface area contributed by atoms with Crippen molar-refractivity contribution in [1.29, 1.82) is 0 Å². The van der Waals surface area contributed by atoms with Gasteiger partial charge in [0.05, 0.1) is 60.4 Å². The standard InChI is InChI=1S/3C15H26N2O.C14H24N2O.C13H22N2O.C12H20N2O/c3*1-12-8-7-11-17(15(18)14(12)16-2)13-9-5-3-4-6-10-13;1-11-7-6-10-16(14(17)13(11)15-2)12-8-4-3-5-9-12;1-10-6-5-9-15(11-7-3-4-8-11)13(16)12(10)14-2;1-9-5-4-8-14(10-6-3-7-10)12(15)11(9)13-2/h5,9,12-14,16H,3-4,6-8,10-11H2,1-2H3;3,5,12-14,16H,4,6-11H2,1-2H3;3-4,12-14,16H,5-11H2,1-2H3;4,8,11-13,15H,3,5-7,9-10H2,1-2H3;3,7,10-12,14H,4-6,8-9H2,1-2H3;3,6,9-11,13H,4-5,7-8H2,1-2H3. The minimum atomic E-state index is 0.00385. The van der Waals surface area contributed by atoms with Crippen molar-refractivity contribution >= 4 is 35.4 Å². The average Bonchev–Trinajstić information content (AvgIpc) is 1.58. The largest absolute Gasteiger partial charge is 0.338 e. The number of nitrogens with zero attached hydrogens (tertiary/aromatic N) is 6. The third-order valence-electron chi connectivity index (χ3n) is 24.8. The second-order valence-electron chi connectivity index (χ2n) is 32.1. The summed E-state index contributed by atoms with van der Waals surface area (Å²) in [5.41, 5.74) is 0. The highest BCUT2D eigenvalue weighted by molar-refractivity contribution is 5.86. The number of hydrogen-bond donors (Lipinski definition) is 6. The van der Waals surface area contributed by atoms with Gasteiger partial charge in [-0.25, -0.2) is 0 Å². The molecule has 6 saturated heterocycles. The summed E-state index contributed by atoms with van der Waals surface area (Å²) in [5, 5.41) is 19.2. The zero-order valence-electron chi connectivity index (χ0n) is 65.9. The zero-order chi connectivity index (χ0) is 73.5. The van der Waals surface area contributed by atoms with E-state index < -0.39 is 0 Å². The lowest BCUT2D eigenvalue weighted by molar-refractivity contribution is -0.136. The van der Waals surface area contributed by atoms with Crippen molar-refractivity contribution in [2.45, 2.75) is 307 Å². The molecule has 0 aromatic carbocycles. The maximum Gasteiger partial charge on any atom is 0.240 e. The first kappa shape index (κ1) is 84.3. The van der Waals surface area contributed by atoms with Gasteiger partial charge < -0.3 is 61.3 Å². The van der Waals surface area contributed by atoms with Crippen molar-refractivity contribution in [3.8, 4) is 0 Å². The van der Waals surface area contributed by atoms with Crippen molar-refractivity contribution < 1.29 is 28.8 Å². The van der Waals surface area contributed by atoms with E-state index in [0.717, 1.165) is 187 Å². The Hall–Kier alpha value is -4.98. The smallest absolute Gasteiger partial charge is 0.240 e. The van der Waals surface area contributed by atoms with E-state index in [0.29, 0.717) is 101 Å². The summed E-state index contributed by atoms with van der Waals surface area (Å²) < 4.78 is 0. The topological polar surface area (TPSA) is 194 Å². The lowest BCUT2D eigenvalue weighted by Gasteiger charge is -2.34. The molecule has 17 unspecified atom stereocenters. The summed E-state index contributed by atoms with van der Waals surface area (Å²) in [4.78, 5) is 87.7. The highest BCUT2D eigenvalue weighted by atomic mass is 16.2. The Morgan fingerprint density at radius 3 is 0.873 bits per heavy atom. The predicted octanol–water partition coefficient (Wildman–Crippen LogP) is 11.6. The van der Waals surface area contributed by atoms with E-state index in [2.05, 4.69) is 171 Å². The van der Waals surface area contributed by atoms with E-state index in [-0.39, 0.29) is 42.2 Å². The molecule has 576 valence electrons. The number of likely N-dealkylation sites (N-methyl/N-ethyl adjacent to an activating group) is 6. The molecule has 6 fully saturated rings. The van der Waals surface area contributed by atoms with Gasteiger partial charge in [-0.15, -0.1) is 0 Å². The van der Waals surface area contributed by atoms with E-state index in [1.165, 1.54) is 44.9 Å². The molecule has 0 saturated carbocycles. The normalized spacial score (nSPS) is 34.3. The van der Waals surface area contributed by atoms with Crippen LogP contribution in [0.4, 0.5) is 0 Å². The van der Waals surface area contributed by atoms with E-state index in [9.17, 15) is 28.8 Å². The van der Waals surface area contributed by atoms with Gasteiger partial charge in [0, 0.05) is 51.4 Å². The molecule has 6 aliphatic carbocycles. The number of allylic oxidation sites excluding steroid dienone is 6. The summed E-state index contributed by atoms with van der Waals surface area (Å²) in [6.45, 7) is 18.7. The van der Waals surface area contributed by atoms with Crippen molar-refractivity contribution in [1.82, 2.24) is 61.3 Å². The minimum absolute atomic E-state index is 0.00385. The molecule has 0 spiro atoms. The number of hydrogen-bond acceptors (Lipinski definition) is 12. The van der Waals surface area contributed by atoms with Crippen LogP contribution in [-0.2, 0) is 28.8 Å². The van der Waals surface area contributed by atoms with Crippen LogP contribution in [-0.4, -0.2) is 219 Å². The Morgan fingerprint density at radius 1 is 0.245 bits per heavy atom. The van der Waals surface area contributed by atoms with Gasteiger partial charge in [-0.1, -0.05) is 121 Å². The van der Waals surface area contributed by atoms with Gasteiger partial charge in [-0.3, -0.25) is 28.8 Å².